The maximum absolute atomic E-state index is 11.9. The van der Waals surface area contributed by atoms with Crippen LogP contribution in [0.2, 0.25) is 0 Å². The molecule has 0 nitrogen and oxygen atoms in total. The van der Waals surface area contributed by atoms with Gasteiger partial charge in [0.1, 0.15) is 5.82 Å². The van der Waals surface area contributed by atoms with Crippen molar-refractivity contribution in [2.75, 3.05) is 0 Å². The van der Waals surface area contributed by atoms with Gasteiger partial charge in [0.15, 0.2) is 0 Å². The summed E-state index contributed by atoms with van der Waals surface area (Å²) in [5.74, 6) is -0.178. The van der Waals surface area contributed by atoms with Gasteiger partial charge in [-0.2, -0.15) is 0 Å². The van der Waals surface area contributed by atoms with Crippen molar-refractivity contribution in [1.82, 2.24) is 0 Å². The highest BCUT2D eigenvalue weighted by Gasteiger charge is 1.77. The lowest BCUT2D eigenvalue weighted by atomic mass is 10.4. The lowest BCUT2D eigenvalue weighted by Gasteiger charge is -1.78. The smallest absolute Gasteiger partial charge is 0.123 e. The fourth-order valence-electron chi connectivity index (χ4n) is 0.800. The van der Waals surface area contributed by atoms with Gasteiger partial charge in [-0.3, -0.25) is 0 Å². The molecule has 0 N–H and O–H groups in total. The molecule has 0 bridgehead atoms. The Morgan fingerprint density at radius 1 is 0.533 bits per heavy atom. The average Bonchev–Trinajstić information content (AvgIpc) is 2.22. The van der Waals surface area contributed by atoms with Gasteiger partial charge in [0.2, 0.25) is 0 Å². The standard InChI is InChI=1S/C6H5F.C6H6.2CH4/c7-6-4-2-1-3-5-6;1-2-4-6-5-3-1;;/h1-5H;1-6H;2*1H4. The molecule has 0 aliphatic heterocycles. The summed E-state index contributed by atoms with van der Waals surface area (Å²) >= 11 is 0. The topological polar surface area (TPSA) is 0 Å². The molecule has 0 aliphatic carbocycles. The van der Waals surface area contributed by atoms with Crippen molar-refractivity contribution in [1.29, 1.82) is 0 Å². The van der Waals surface area contributed by atoms with Crippen molar-refractivity contribution >= 4 is 0 Å². The van der Waals surface area contributed by atoms with Crippen molar-refractivity contribution in [3.8, 4) is 0 Å². The summed E-state index contributed by atoms with van der Waals surface area (Å²) in [4.78, 5) is 0. The van der Waals surface area contributed by atoms with Crippen LogP contribution in [-0.4, -0.2) is 0 Å². The highest BCUT2D eigenvalue weighted by Crippen LogP contribution is 1.91. The van der Waals surface area contributed by atoms with E-state index in [1.54, 1.807) is 18.2 Å². The van der Waals surface area contributed by atoms with Crippen LogP contribution in [0.15, 0.2) is 66.7 Å². The van der Waals surface area contributed by atoms with Gasteiger partial charge in [0.05, 0.1) is 0 Å². The summed E-state index contributed by atoms with van der Waals surface area (Å²) in [5, 5.41) is 0. The first kappa shape index (κ1) is 15.8. The Balaban J connectivity index is 0. The van der Waals surface area contributed by atoms with Crippen LogP contribution in [0.4, 0.5) is 4.39 Å². The summed E-state index contributed by atoms with van der Waals surface area (Å²) in [6.07, 6.45) is 0. The third-order valence-corrected chi connectivity index (χ3v) is 1.40. The van der Waals surface area contributed by atoms with Gasteiger partial charge < -0.3 is 0 Å². The van der Waals surface area contributed by atoms with Gasteiger partial charge in [-0.15, -0.1) is 0 Å². The fraction of sp³-hybridized carbons (Fsp3) is 0.143. The quantitative estimate of drug-likeness (QED) is 0.581. The Morgan fingerprint density at radius 3 is 1.00 bits per heavy atom. The number of halogens is 1. The molecular weight excluding hydrogens is 187 g/mol. The zero-order valence-electron chi connectivity index (χ0n) is 7.23. The molecule has 2 aromatic rings. The minimum Gasteiger partial charge on any atom is -0.207 e. The average molecular weight is 206 g/mol. The molecule has 0 radical (unpaired) electrons. The first-order valence-corrected chi connectivity index (χ1v) is 4.10. The van der Waals surface area contributed by atoms with Crippen LogP contribution in [0, 0.1) is 5.82 Å². The molecule has 0 saturated carbocycles. The van der Waals surface area contributed by atoms with Crippen molar-refractivity contribution in [2.24, 2.45) is 0 Å². The molecule has 0 unspecified atom stereocenters. The third kappa shape index (κ3) is 8.69. The molecule has 0 heterocycles. The summed E-state index contributed by atoms with van der Waals surface area (Å²) in [7, 11) is 0. The minimum atomic E-state index is -0.178. The van der Waals surface area contributed by atoms with E-state index in [4.69, 9.17) is 0 Å². The summed E-state index contributed by atoms with van der Waals surface area (Å²) in [6.45, 7) is 0. The molecule has 82 valence electrons. The van der Waals surface area contributed by atoms with Crippen LogP contribution >= 0.6 is 0 Å². The zero-order valence-corrected chi connectivity index (χ0v) is 7.23. The van der Waals surface area contributed by atoms with Gasteiger partial charge in [-0.05, 0) is 12.1 Å². The molecule has 0 fully saturated rings. The predicted molar refractivity (Wildman–Crippen MR) is 66.3 cm³/mol. The van der Waals surface area contributed by atoms with Crippen LogP contribution in [0.3, 0.4) is 0 Å². The molecular formula is C14H19F. The Hall–Kier alpha value is -1.63. The maximum Gasteiger partial charge on any atom is 0.123 e. The molecule has 0 spiro atoms. The largest absolute Gasteiger partial charge is 0.207 e. The lowest BCUT2D eigenvalue weighted by Crippen LogP contribution is -1.63. The van der Waals surface area contributed by atoms with E-state index in [1.807, 2.05) is 36.4 Å². The van der Waals surface area contributed by atoms with Crippen LogP contribution in [0.1, 0.15) is 14.9 Å². The molecule has 0 amide bonds. The molecule has 0 atom stereocenters. The van der Waals surface area contributed by atoms with E-state index >= 15 is 0 Å². The third-order valence-electron chi connectivity index (χ3n) is 1.40. The maximum atomic E-state index is 11.9. The van der Waals surface area contributed by atoms with Gasteiger partial charge in [-0.1, -0.05) is 69.5 Å². The van der Waals surface area contributed by atoms with Crippen molar-refractivity contribution in [3.63, 3.8) is 0 Å². The number of benzene rings is 2. The Kier molecular flexibility index (Phi) is 11.0. The van der Waals surface area contributed by atoms with Crippen LogP contribution in [-0.2, 0) is 0 Å². The van der Waals surface area contributed by atoms with E-state index in [2.05, 4.69) is 0 Å². The highest BCUT2D eigenvalue weighted by molar-refractivity contribution is 5.02. The number of hydrogen-bond acceptors (Lipinski definition) is 0. The SMILES string of the molecule is C.C.Fc1ccccc1.c1ccccc1. The second-order valence-corrected chi connectivity index (χ2v) is 2.45. The normalized spacial score (nSPS) is 7.27. The van der Waals surface area contributed by atoms with Crippen LogP contribution in [0.25, 0.3) is 0 Å². The highest BCUT2D eigenvalue weighted by atomic mass is 19.1. The molecule has 0 aliphatic rings. The van der Waals surface area contributed by atoms with Gasteiger partial charge >= 0.3 is 0 Å². The van der Waals surface area contributed by atoms with E-state index in [0.717, 1.165) is 0 Å². The Labute approximate surface area is 92.4 Å². The van der Waals surface area contributed by atoms with Gasteiger partial charge in [0.25, 0.3) is 0 Å². The molecule has 2 rings (SSSR count). The van der Waals surface area contributed by atoms with Crippen LogP contribution < -0.4 is 0 Å². The van der Waals surface area contributed by atoms with Gasteiger partial charge in [0, 0.05) is 0 Å². The summed E-state index contributed by atoms with van der Waals surface area (Å²) in [6, 6.07) is 19.9. The van der Waals surface area contributed by atoms with Crippen molar-refractivity contribution in [2.45, 2.75) is 14.9 Å². The molecule has 15 heavy (non-hydrogen) atoms. The number of hydrogen-bond donors (Lipinski definition) is 0. The second kappa shape index (κ2) is 10.5. The van der Waals surface area contributed by atoms with E-state index < -0.39 is 0 Å². The summed E-state index contributed by atoms with van der Waals surface area (Å²) in [5.41, 5.74) is 0. The van der Waals surface area contributed by atoms with E-state index in [9.17, 15) is 4.39 Å². The van der Waals surface area contributed by atoms with Gasteiger partial charge in [-0.25, -0.2) is 4.39 Å². The van der Waals surface area contributed by atoms with Crippen molar-refractivity contribution < 1.29 is 4.39 Å². The van der Waals surface area contributed by atoms with E-state index in [0.29, 0.717) is 0 Å². The van der Waals surface area contributed by atoms with Crippen molar-refractivity contribution in [3.05, 3.63) is 72.5 Å². The molecule has 1 heteroatoms. The lowest BCUT2D eigenvalue weighted by molar-refractivity contribution is 0.628. The van der Waals surface area contributed by atoms with Crippen LogP contribution in [0.5, 0.6) is 0 Å². The zero-order chi connectivity index (χ0) is 9.36. The number of rotatable bonds is 0. The monoisotopic (exact) mass is 206 g/mol. The first-order valence-electron chi connectivity index (χ1n) is 4.10. The van der Waals surface area contributed by atoms with E-state index in [-0.39, 0.29) is 20.7 Å². The van der Waals surface area contributed by atoms with E-state index in [1.165, 1.54) is 12.1 Å². The fourth-order valence-corrected chi connectivity index (χ4v) is 0.800. The second-order valence-electron chi connectivity index (χ2n) is 2.45. The minimum absolute atomic E-state index is 0. The molecule has 2 aromatic carbocycles. The molecule has 0 saturated heterocycles. The molecule has 0 aromatic heterocycles. The predicted octanol–water partition coefficient (Wildman–Crippen LogP) is 4.78. The summed E-state index contributed by atoms with van der Waals surface area (Å²) < 4.78 is 11.9. The Bertz CT molecular complexity index is 276. The first-order chi connectivity index (χ1) is 6.39. The Morgan fingerprint density at radius 2 is 0.800 bits per heavy atom.